The van der Waals surface area contributed by atoms with Gasteiger partial charge in [0.25, 0.3) is 0 Å². The highest BCUT2D eigenvalue weighted by atomic mass is 32.1. The molecule has 2 aromatic carbocycles. The van der Waals surface area contributed by atoms with Gasteiger partial charge in [0, 0.05) is 34.3 Å². The molecule has 0 aliphatic rings. The first kappa shape index (κ1) is 19.1. The van der Waals surface area contributed by atoms with Crippen LogP contribution in [0.2, 0.25) is 0 Å². The second-order valence-electron chi connectivity index (χ2n) is 7.05. The molecule has 7 heteroatoms. The van der Waals surface area contributed by atoms with E-state index in [9.17, 15) is 0 Å². The van der Waals surface area contributed by atoms with E-state index >= 15 is 0 Å². The Hall–Kier alpha value is -3.84. The Balaban J connectivity index is 1.58. The first-order valence-electron chi connectivity index (χ1n) is 9.75. The molecular formula is C24H19N5OS. The average molecular weight is 426 g/mol. The molecule has 1 N–H and O–H groups in total. The summed E-state index contributed by atoms with van der Waals surface area (Å²) in [5.41, 5.74) is 4.89. The van der Waals surface area contributed by atoms with Crippen molar-refractivity contribution in [2.75, 3.05) is 12.4 Å². The lowest BCUT2D eigenvalue weighted by atomic mass is 10.1. The molecule has 0 spiro atoms. The van der Waals surface area contributed by atoms with Crippen molar-refractivity contribution in [1.82, 2.24) is 19.9 Å². The fourth-order valence-electron chi connectivity index (χ4n) is 3.32. The van der Waals surface area contributed by atoms with Crippen LogP contribution >= 0.6 is 11.3 Å². The largest absolute Gasteiger partial charge is 0.497 e. The summed E-state index contributed by atoms with van der Waals surface area (Å²) in [6, 6.07) is 17.9. The van der Waals surface area contributed by atoms with Crippen LogP contribution in [0.15, 0.2) is 72.4 Å². The van der Waals surface area contributed by atoms with E-state index in [-0.39, 0.29) is 0 Å². The van der Waals surface area contributed by atoms with Gasteiger partial charge in [-0.3, -0.25) is 4.98 Å². The van der Waals surface area contributed by atoms with Crippen molar-refractivity contribution in [1.29, 1.82) is 0 Å². The molecule has 0 fully saturated rings. The molecule has 152 valence electrons. The predicted octanol–water partition coefficient (Wildman–Crippen LogP) is 5.88. The van der Waals surface area contributed by atoms with Gasteiger partial charge in [-0.2, -0.15) is 0 Å². The highest BCUT2D eigenvalue weighted by molar-refractivity contribution is 7.14. The lowest BCUT2D eigenvalue weighted by Gasteiger charge is -2.10. The summed E-state index contributed by atoms with van der Waals surface area (Å²) in [6.45, 7) is 2.08. The summed E-state index contributed by atoms with van der Waals surface area (Å²) in [4.78, 5) is 18.5. The summed E-state index contributed by atoms with van der Waals surface area (Å²) in [5.74, 6) is 2.02. The zero-order valence-electron chi connectivity index (χ0n) is 17.0. The molecule has 0 unspecified atom stereocenters. The molecule has 0 saturated carbocycles. The van der Waals surface area contributed by atoms with E-state index in [1.807, 2.05) is 41.8 Å². The molecule has 0 bridgehead atoms. The van der Waals surface area contributed by atoms with E-state index in [2.05, 4.69) is 35.4 Å². The molecular weight excluding hydrogens is 406 g/mol. The van der Waals surface area contributed by atoms with E-state index in [0.717, 1.165) is 38.6 Å². The Bertz CT molecular complexity index is 1370. The van der Waals surface area contributed by atoms with Crippen LogP contribution in [-0.4, -0.2) is 27.0 Å². The van der Waals surface area contributed by atoms with Crippen molar-refractivity contribution < 1.29 is 4.74 Å². The van der Waals surface area contributed by atoms with Gasteiger partial charge in [-0.25, -0.2) is 15.0 Å². The first-order chi connectivity index (χ1) is 15.2. The van der Waals surface area contributed by atoms with Crippen molar-refractivity contribution >= 4 is 33.2 Å². The second-order valence-corrected chi connectivity index (χ2v) is 7.91. The van der Waals surface area contributed by atoms with E-state index in [1.54, 1.807) is 19.5 Å². The quantitative estimate of drug-likeness (QED) is 0.379. The smallest absolute Gasteiger partial charge is 0.188 e. The third-order valence-corrected chi connectivity index (χ3v) is 5.62. The number of benzene rings is 2. The summed E-state index contributed by atoms with van der Waals surface area (Å²) >= 11 is 1.54. The number of fused-ring (bicyclic) bond motifs is 1. The number of ether oxygens (including phenoxy) is 1. The normalized spacial score (nSPS) is 10.9. The Morgan fingerprint density at radius 2 is 1.84 bits per heavy atom. The molecule has 0 aliphatic carbocycles. The zero-order valence-corrected chi connectivity index (χ0v) is 17.9. The highest BCUT2D eigenvalue weighted by Crippen LogP contribution is 2.32. The van der Waals surface area contributed by atoms with Crippen molar-refractivity contribution in [2.45, 2.75) is 6.92 Å². The third-order valence-electron chi connectivity index (χ3n) is 4.87. The molecule has 3 heterocycles. The summed E-state index contributed by atoms with van der Waals surface area (Å²) in [7, 11) is 1.65. The summed E-state index contributed by atoms with van der Waals surface area (Å²) in [5, 5.41) is 7.06. The van der Waals surface area contributed by atoms with Gasteiger partial charge in [-0.1, -0.05) is 23.8 Å². The monoisotopic (exact) mass is 425 g/mol. The maximum atomic E-state index is 5.41. The SMILES string of the molecule is COc1ccc2nc(-c3cccnc3)nc(Nc3nc(-c4cccc(C)c4)cs3)c2c1. The van der Waals surface area contributed by atoms with Crippen LogP contribution in [0.5, 0.6) is 5.75 Å². The highest BCUT2D eigenvalue weighted by Gasteiger charge is 2.13. The number of rotatable bonds is 5. The van der Waals surface area contributed by atoms with Crippen LogP contribution < -0.4 is 10.1 Å². The standard InChI is InChI=1S/C24H19N5OS/c1-15-5-3-6-16(11-15)21-14-31-24(27-21)29-23-19-12-18(30-2)8-9-20(19)26-22(28-23)17-7-4-10-25-13-17/h3-14H,1-2H3,(H,26,27,28,29). The van der Waals surface area contributed by atoms with Crippen molar-refractivity contribution in [3.63, 3.8) is 0 Å². The Morgan fingerprint density at radius 3 is 2.65 bits per heavy atom. The van der Waals surface area contributed by atoms with E-state index in [0.29, 0.717) is 11.6 Å². The molecule has 5 rings (SSSR count). The van der Waals surface area contributed by atoms with Gasteiger partial charge >= 0.3 is 0 Å². The van der Waals surface area contributed by atoms with E-state index in [1.165, 1.54) is 16.9 Å². The van der Waals surface area contributed by atoms with Crippen LogP contribution in [0.4, 0.5) is 10.9 Å². The minimum absolute atomic E-state index is 0.601. The van der Waals surface area contributed by atoms with Gasteiger partial charge in [0.2, 0.25) is 0 Å². The van der Waals surface area contributed by atoms with Gasteiger partial charge in [-0.15, -0.1) is 11.3 Å². The van der Waals surface area contributed by atoms with Gasteiger partial charge in [0.1, 0.15) is 11.6 Å². The molecule has 0 amide bonds. The van der Waals surface area contributed by atoms with E-state index < -0.39 is 0 Å². The van der Waals surface area contributed by atoms with Crippen molar-refractivity contribution in [2.24, 2.45) is 0 Å². The molecule has 0 saturated heterocycles. The van der Waals surface area contributed by atoms with Crippen LogP contribution in [0, 0.1) is 6.92 Å². The van der Waals surface area contributed by atoms with E-state index in [4.69, 9.17) is 19.7 Å². The lowest BCUT2D eigenvalue weighted by Crippen LogP contribution is -2.00. The van der Waals surface area contributed by atoms with Crippen LogP contribution in [0.3, 0.4) is 0 Å². The Labute approximate surface area is 183 Å². The number of hydrogen-bond donors (Lipinski definition) is 1. The van der Waals surface area contributed by atoms with Gasteiger partial charge < -0.3 is 10.1 Å². The van der Waals surface area contributed by atoms with Crippen LogP contribution in [-0.2, 0) is 0 Å². The maximum absolute atomic E-state index is 5.41. The number of thiazole rings is 1. The molecule has 0 radical (unpaired) electrons. The third kappa shape index (κ3) is 3.95. The van der Waals surface area contributed by atoms with Crippen molar-refractivity contribution in [3.05, 3.63) is 77.9 Å². The number of aryl methyl sites for hydroxylation is 1. The average Bonchev–Trinajstić information content (AvgIpc) is 3.28. The topological polar surface area (TPSA) is 72.8 Å². The number of nitrogens with one attached hydrogen (secondary N) is 1. The van der Waals surface area contributed by atoms with Crippen LogP contribution in [0.25, 0.3) is 33.5 Å². The molecule has 0 aliphatic heterocycles. The maximum Gasteiger partial charge on any atom is 0.188 e. The molecule has 5 aromatic rings. The molecule has 31 heavy (non-hydrogen) atoms. The molecule has 3 aromatic heterocycles. The Morgan fingerprint density at radius 1 is 0.935 bits per heavy atom. The van der Waals surface area contributed by atoms with Gasteiger partial charge in [0.05, 0.1) is 18.3 Å². The fourth-order valence-corrected chi connectivity index (χ4v) is 4.04. The van der Waals surface area contributed by atoms with Gasteiger partial charge in [0.15, 0.2) is 11.0 Å². The second kappa shape index (κ2) is 8.12. The molecule has 0 atom stereocenters. The number of methoxy groups -OCH3 is 1. The Kier molecular flexibility index (Phi) is 5.01. The van der Waals surface area contributed by atoms with Crippen molar-refractivity contribution in [3.8, 4) is 28.4 Å². The minimum atomic E-state index is 0.601. The summed E-state index contributed by atoms with van der Waals surface area (Å²) < 4.78 is 5.41. The zero-order chi connectivity index (χ0) is 21.2. The number of anilines is 2. The van der Waals surface area contributed by atoms with Crippen LogP contribution in [0.1, 0.15) is 5.56 Å². The molecule has 6 nitrogen and oxygen atoms in total. The number of nitrogens with zero attached hydrogens (tertiary/aromatic N) is 4. The lowest BCUT2D eigenvalue weighted by molar-refractivity contribution is 0.415. The van der Waals surface area contributed by atoms with Gasteiger partial charge in [-0.05, 0) is 43.3 Å². The number of aromatic nitrogens is 4. The first-order valence-corrected chi connectivity index (χ1v) is 10.6. The predicted molar refractivity (Wildman–Crippen MR) is 125 cm³/mol. The minimum Gasteiger partial charge on any atom is -0.497 e. The number of pyridine rings is 1. The fraction of sp³-hybridized carbons (Fsp3) is 0.0833. The number of hydrogen-bond acceptors (Lipinski definition) is 7. The summed E-state index contributed by atoms with van der Waals surface area (Å²) in [6.07, 6.45) is 3.49.